The lowest BCUT2D eigenvalue weighted by atomic mass is 10.1. The van der Waals surface area contributed by atoms with Gasteiger partial charge < -0.3 is 14.4 Å². The van der Waals surface area contributed by atoms with Crippen molar-refractivity contribution in [3.05, 3.63) is 71.3 Å². The van der Waals surface area contributed by atoms with E-state index in [1.54, 1.807) is 11.9 Å². The molecule has 152 valence electrons. The number of ether oxygens (including phenoxy) is 2. The minimum Gasteiger partial charge on any atom is -0.444 e. The number of nitrogens with zero attached hydrogens (tertiary/aromatic N) is 1. The molecule has 0 N–H and O–H groups in total. The summed E-state index contributed by atoms with van der Waals surface area (Å²) in [6.45, 7) is 6.69. The number of carbonyl (C=O) groups excluding carboxylic acids is 1. The average Bonchev–Trinajstić information content (AvgIpc) is 2.67. The summed E-state index contributed by atoms with van der Waals surface area (Å²) in [4.78, 5) is 13.8. The van der Waals surface area contributed by atoms with Crippen LogP contribution in [0.4, 0.5) is 4.79 Å². The van der Waals surface area contributed by atoms with Gasteiger partial charge in [0.25, 0.3) is 0 Å². The predicted molar refractivity (Wildman–Crippen MR) is 117 cm³/mol. The molecule has 0 spiro atoms. The van der Waals surface area contributed by atoms with Crippen LogP contribution < -0.4 is 0 Å². The molecule has 2 aromatic carbocycles. The minimum absolute atomic E-state index is 0.0954. The number of halogens is 1. The standard InChI is InChI=1S/C23H30BrNO3/c1-23(2,3)28-22(26)25(4)15-14-21(20-8-6-5-7-9-20)27-17-19-12-10-18(16-24)11-13-19/h5-13,21H,14-17H2,1-4H3. The maximum absolute atomic E-state index is 12.2. The van der Waals surface area contributed by atoms with Gasteiger partial charge in [-0.3, -0.25) is 0 Å². The zero-order chi connectivity index (χ0) is 20.6. The van der Waals surface area contributed by atoms with Crippen molar-refractivity contribution >= 4 is 22.0 Å². The predicted octanol–water partition coefficient (Wildman–Crippen LogP) is 6.10. The van der Waals surface area contributed by atoms with Gasteiger partial charge in [0.2, 0.25) is 0 Å². The second-order valence-electron chi connectivity index (χ2n) is 7.85. The topological polar surface area (TPSA) is 38.8 Å². The first-order chi connectivity index (χ1) is 13.3. The number of rotatable bonds is 8. The second-order valence-corrected chi connectivity index (χ2v) is 8.41. The first-order valence-electron chi connectivity index (χ1n) is 9.53. The fourth-order valence-corrected chi connectivity index (χ4v) is 3.05. The molecule has 0 aliphatic rings. The van der Waals surface area contributed by atoms with Gasteiger partial charge in [-0.05, 0) is 43.9 Å². The van der Waals surface area contributed by atoms with Crippen molar-refractivity contribution < 1.29 is 14.3 Å². The molecule has 1 amide bonds. The van der Waals surface area contributed by atoms with Crippen molar-refractivity contribution in [1.82, 2.24) is 4.90 Å². The van der Waals surface area contributed by atoms with Gasteiger partial charge in [-0.25, -0.2) is 4.79 Å². The van der Waals surface area contributed by atoms with Crippen LogP contribution >= 0.6 is 15.9 Å². The molecule has 2 aromatic rings. The molecule has 0 fully saturated rings. The van der Waals surface area contributed by atoms with Gasteiger partial charge in [-0.1, -0.05) is 70.5 Å². The molecule has 5 heteroatoms. The van der Waals surface area contributed by atoms with Crippen LogP contribution in [0.3, 0.4) is 0 Å². The second kappa shape index (κ2) is 10.6. The highest BCUT2D eigenvalue weighted by atomic mass is 79.9. The molecule has 2 rings (SSSR count). The maximum Gasteiger partial charge on any atom is 0.410 e. The summed E-state index contributed by atoms with van der Waals surface area (Å²) in [6, 6.07) is 18.5. The molecule has 0 saturated carbocycles. The molecule has 0 heterocycles. The van der Waals surface area contributed by atoms with E-state index in [0.29, 0.717) is 19.6 Å². The van der Waals surface area contributed by atoms with Crippen LogP contribution in [0.2, 0.25) is 0 Å². The zero-order valence-electron chi connectivity index (χ0n) is 17.2. The normalized spacial score (nSPS) is 12.5. The molecule has 0 aliphatic heterocycles. The van der Waals surface area contributed by atoms with Gasteiger partial charge in [0, 0.05) is 18.9 Å². The van der Waals surface area contributed by atoms with Crippen molar-refractivity contribution in [2.45, 2.75) is 50.8 Å². The Hall–Kier alpha value is -1.85. The van der Waals surface area contributed by atoms with Crippen LogP contribution in [0.15, 0.2) is 54.6 Å². The highest BCUT2D eigenvalue weighted by Crippen LogP contribution is 2.23. The Morgan fingerprint density at radius 2 is 1.64 bits per heavy atom. The van der Waals surface area contributed by atoms with E-state index >= 15 is 0 Å². The van der Waals surface area contributed by atoms with Crippen molar-refractivity contribution in [3.63, 3.8) is 0 Å². The van der Waals surface area contributed by atoms with Gasteiger partial charge in [0.15, 0.2) is 0 Å². The number of alkyl halides is 1. The van der Waals surface area contributed by atoms with E-state index in [4.69, 9.17) is 9.47 Å². The highest BCUT2D eigenvalue weighted by Gasteiger charge is 2.21. The fraction of sp³-hybridized carbons (Fsp3) is 0.435. The van der Waals surface area contributed by atoms with Crippen LogP contribution in [-0.4, -0.2) is 30.2 Å². The Balaban J connectivity index is 1.98. The molecule has 28 heavy (non-hydrogen) atoms. The van der Waals surface area contributed by atoms with Gasteiger partial charge >= 0.3 is 6.09 Å². The first kappa shape index (κ1) is 22.4. The first-order valence-corrected chi connectivity index (χ1v) is 10.6. The number of amides is 1. The summed E-state index contributed by atoms with van der Waals surface area (Å²) in [7, 11) is 1.76. The van der Waals surface area contributed by atoms with Crippen LogP contribution in [0.5, 0.6) is 0 Å². The largest absolute Gasteiger partial charge is 0.444 e. The van der Waals surface area contributed by atoms with E-state index in [9.17, 15) is 4.79 Å². The van der Waals surface area contributed by atoms with E-state index in [2.05, 4.69) is 52.3 Å². The Bertz CT molecular complexity index is 726. The summed E-state index contributed by atoms with van der Waals surface area (Å²) < 4.78 is 11.7. The molecule has 4 nitrogen and oxygen atoms in total. The van der Waals surface area contributed by atoms with Gasteiger partial charge in [0.1, 0.15) is 5.60 Å². The third-order valence-corrected chi connectivity index (χ3v) is 4.88. The summed E-state index contributed by atoms with van der Waals surface area (Å²) >= 11 is 3.46. The van der Waals surface area contributed by atoms with E-state index in [1.165, 1.54) is 5.56 Å². The molecule has 0 bridgehead atoms. The summed E-state index contributed by atoms with van der Waals surface area (Å²) in [5, 5.41) is 0.845. The van der Waals surface area contributed by atoms with Crippen LogP contribution in [0.25, 0.3) is 0 Å². The van der Waals surface area contributed by atoms with Gasteiger partial charge in [-0.2, -0.15) is 0 Å². The monoisotopic (exact) mass is 447 g/mol. The van der Waals surface area contributed by atoms with Crippen molar-refractivity contribution in [2.24, 2.45) is 0 Å². The summed E-state index contributed by atoms with van der Waals surface area (Å²) in [5.41, 5.74) is 2.98. The third-order valence-electron chi connectivity index (χ3n) is 4.23. The lowest BCUT2D eigenvalue weighted by Crippen LogP contribution is -2.35. The lowest BCUT2D eigenvalue weighted by Gasteiger charge is -2.26. The Morgan fingerprint density at radius 1 is 1.04 bits per heavy atom. The number of carbonyl (C=O) groups is 1. The Kier molecular flexibility index (Phi) is 8.52. The van der Waals surface area contributed by atoms with Crippen LogP contribution in [0, 0.1) is 0 Å². The van der Waals surface area contributed by atoms with E-state index in [1.807, 2.05) is 39.0 Å². The zero-order valence-corrected chi connectivity index (χ0v) is 18.7. The summed E-state index contributed by atoms with van der Waals surface area (Å²) in [6.07, 6.45) is 0.283. The van der Waals surface area contributed by atoms with E-state index < -0.39 is 5.60 Å². The molecule has 0 saturated heterocycles. The number of hydrogen-bond donors (Lipinski definition) is 0. The van der Waals surface area contributed by atoms with Gasteiger partial charge in [0.05, 0.1) is 12.7 Å². The highest BCUT2D eigenvalue weighted by molar-refractivity contribution is 9.08. The molecular weight excluding hydrogens is 418 g/mol. The SMILES string of the molecule is CN(CCC(OCc1ccc(CBr)cc1)c1ccccc1)C(=O)OC(C)(C)C. The smallest absolute Gasteiger partial charge is 0.410 e. The Morgan fingerprint density at radius 3 is 2.21 bits per heavy atom. The van der Waals surface area contributed by atoms with Crippen LogP contribution in [0.1, 0.15) is 50.0 Å². The fourth-order valence-electron chi connectivity index (χ4n) is 2.68. The average molecular weight is 448 g/mol. The van der Waals surface area contributed by atoms with Crippen molar-refractivity contribution in [2.75, 3.05) is 13.6 Å². The molecular formula is C23H30BrNO3. The number of hydrogen-bond acceptors (Lipinski definition) is 3. The molecule has 1 unspecified atom stereocenters. The molecule has 0 aliphatic carbocycles. The van der Waals surface area contributed by atoms with Crippen molar-refractivity contribution in [1.29, 1.82) is 0 Å². The quantitative estimate of drug-likeness (QED) is 0.459. The molecule has 0 aromatic heterocycles. The maximum atomic E-state index is 12.2. The van der Waals surface area contributed by atoms with Crippen LogP contribution in [-0.2, 0) is 21.4 Å². The third kappa shape index (κ3) is 7.64. The van der Waals surface area contributed by atoms with Gasteiger partial charge in [-0.15, -0.1) is 0 Å². The molecule has 0 radical (unpaired) electrons. The van der Waals surface area contributed by atoms with Crippen molar-refractivity contribution in [3.8, 4) is 0 Å². The Labute approximate surface area is 177 Å². The lowest BCUT2D eigenvalue weighted by molar-refractivity contribution is 0.0137. The molecule has 1 atom stereocenters. The van der Waals surface area contributed by atoms with E-state index in [-0.39, 0.29) is 12.2 Å². The minimum atomic E-state index is -0.498. The number of benzene rings is 2. The summed E-state index contributed by atoms with van der Waals surface area (Å²) in [5.74, 6) is 0. The van der Waals surface area contributed by atoms with E-state index in [0.717, 1.165) is 16.5 Å².